The quantitative estimate of drug-likeness (QED) is 0.644. The van der Waals surface area contributed by atoms with Crippen LogP contribution in [0.5, 0.6) is 0 Å². The highest BCUT2D eigenvalue weighted by molar-refractivity contribution is 7.98. The number of hydrogen-bond acceptors (Lipinski definition) is 4. The molecule has 0 saturated carbocycles. The number of nitrogens with zero attached hydrogens (tertiary/aromatic N) is 1. The Morgan fingerprint density at radius 3 is 2.56 bits per heavy atom. The number of piperidine rings is 1. The van der Waals surface area contributed by atoms with Crippen molar-refractivity contribution in [3.8, 4) is 0 Å². The van der Waals surface area contributed by atoms with E-state index >= 15 is 0 Å². The predicted octanol–water partition coefficient (Wildman–Crippen LogP) is 0.635. The van der Waals surface area contributed by atoms with E-state index in [0.29, 0.717) is 32.1 Å². The molecule has 0 aromatic rings. The van der Waals surface area contributed by atoms with E-state index in [9.17, 15) is 8.42 Å². The highest BCUT2D eigenvalue weighted by Crippen LogP contribution is 2.17. The van der Waals surface area contributed by atoms with Gasteiger partial charge in [0, 0.05) is 19.6 Å². The number of thioether (sulfide) groups is 1. The molecule has 7 heteroatoms. The fraction of sp³-hybridized carbons (Fsp3) is 1.00. The summed E-state index contributed by atoms with van der Waals surface area (Å²) in [5.41, 5.74) is 5.60. The fourth-order valence-electron chi connectivity index (χ4n) is 2.05. The zero-order chi connectivity index (χ0) is 13.4. The fourth-order valence-corrected chi connectivity index (χ4v) is 3.82. The molecule has 1 saturated heterocycles. The van der Waals surface area contributed by atoms with Gasteiger partial charge in [-0.2, -0.15) is 24.5 Å². The molecule has 1 rings (SSSR count). The summed E-state index contributed by atoms with van der Waals surface area (Å²) in [6.45, 7) is 2.40. The molecule has 108 valence electrons. The molecule has 1 heterocycles. The van der Waals surface area contributed by atoms with E-state index in [1.54, 1.807) is 16.1 Å². The smallest absolute Gasteiger partial charge is 0.279 e. The molecule has 0 amide bonds. The normalized spacial score (nSPS) is 19.2. The molecule has 0 spiro atoms. The molecule has 0 radical (unpaired) electrons. The maximum absolute atomic E-state index is 12.0. The van der Waals surface area contributed by atoms with Crippen molar-refractivity contribution in [2.75, 3.05) is 38.2 Å². The molecule has 0 unspecified atom stereocenters. The lowest BCUT2D eigenvalue weighted by atomic mass is 9.99. The molecule has 0 atom stereocenters. The summed E-state index contributed by atoms with van der Waals surface area (Å²) in [6.07, 6.45) is 5.78. The molecule has 5 nitrogen and oxygen atoms in total. The predicted molar refractivity (Wildman–Crippen MR) is 77.9 cm³/mol. The Balaban J connectivity index is 2.26. The van der Waals surface area contributed by atoms with Gasteiger partial charge in [0.2, 0.25) is 0 Å². The van der Waals surface area contributed by atoms with Crippen molar-refractivity contribution in [3.05, 3.63) is 0 Å². The van der Waals surface area contributed by atoms with E-state index in [-0.39, 0.29) is 0 Å². The lowest BCUT2D eigenvalue weighted by Gasteiger charge is -2.30. The molecule has 0 aliphatic carbocycles. The van der Waals surface area contributed by atoms with Gasteiger partial charge in [0.05, 0.1) is 0 Å². The van der Waals surface area contributed by atoms with Gasteiger partial charge in [0.1, 0.15) is 0 Å². The van der Waals surface area contributed by atoms with Crippen LogP contribution in [0.25, 0.3) is 0 Å². The van der Waals surface area contributed by atoms with E-state index < -0.39 is 10.2 Å². The Morgan fingerprint density at radius 2 is 2.00 bits per heavy atom. The second-order valence-corrected chi connectivity index (χ2v) is 7.42. The van der Waals surface area contributed by atoms with Gasteiger partial charge < -0.3 is 5.73 Å². The van der Waals surface area contributed by atoms with Crippen LogP contribution in [-0.4, -0.2) is 50.9 Å². The third kappa shape index (κ3) is 5.44. The molecule has 3 N–H and O–H groups in total. The molecule has 1 fully saturated rings. The van der Waals surface area contributed by atoms with Crippen LogP contribution in [0.4, 0.5) is 0 Å². The van der Waals surface area contributed by atoms with Gasteiger partial charge in [-0.15, -0.1) is 0 Å². The summed E-state index contributed by atoms with van der Waals surface area (Å²) >= 11 is 1.79. The molecule has 0 bridgehead atoms. The second-order valence-electron chi connectivity index (χ2n) is 4.68. The van der Waals surface area contributed by atoms with E-state index in [2.05, 4.69) is 11.0 Å². The number of nitrogens with one attached hydrogen (secondary N) is 1. The van der Waals surface area contributed by atoms with Crippen molar-refractivity contribution in [2.45, 2.75) is 25.7 Å². The molecule has 1 aliphatic heterocycles. The third-order valence-corrected chi connectivity index (χ3v) is 5.62. The highest BCUT2D eigenvalue weighted by atomic mass is 32.2. The topological polar surface area (TPSA) is 75.4 Å². The van der Waals surface area contributed by atoms with Crippen molar-refractivity contribution in [1.29, 1.82) is 0 Å². The van der Waals surface area contributed by atoms with Crippen molar-refractivity contribution < 1.29 is 8.42 Å². The number of rotatable bonds is 8. The van der Waals surface area contributed by atoms with Crippen LogP contribution in [0.3, 0.4) is 0 Å². The average molecular weight is 295 g/mol. The standard InChI is InChI=1S/C11H25N3O2S2/c1-17-9-3-2-6-13-18(15,16)14-7-4-11(10-12)5-8-14/h11,13H,2-10,12H2,1H3. The molecular weight excluding hydrogens is 270 g/mol. The Morgan fingerprint density at radius 1 is 1.33 bits per heavy atom. The van der Waals surface area contributed by atoms with Gasteiger partial charge >= 0.3 is 0 Å². The number of hydrogen-bond donors (Lipinski definition) is 2. The average Bonchev–Trinajstić information content (AvgIpc) is 2.38. The minimum absolute atomic E-state index is 0.484. The van der Waals surface area contributed by atoms with Crippen molar-refractivity contribution in [1.82, 2.24) is 9.03 Å². The van der Waals surface area contributed by atoms with Crippen LogP contribution >= 0.6 is 11.8 Å². The van der Waals surface area contributed by atoms with E-state index in [1.807, 2.05) is 0 Å². The van der Waals surface area contributed by atoms with Crippen LogP contribution in [0.1, 0.15) is 25.7 Å². The minimum atomic E-state index is -3.27. The van der Waals surface area contributed by atoms with Gasteiger partial charge in [-0.1, -0.05) is 0 Å². The summed E-state index contributed by atoms with van der Waals surface area (Å²) in [5, 5.41) is 0. The Labute approximate surface area is 115 Å². The lowest BCUT2D eigenvalue weighted by molar-refractivity contribution is 0.276. The van der Waals surface area contributed by atoms with E-state index in [1.165, 1.54) is 0 Å². The van der Waals surface area contributed by atoms with Crippen molar-refractivity contribution in [2.24, 2.45) is 11.7 Å². The van der Waals surface area contributed by atoms with Crippen molar-refractivity contribution >= 4 is 22.0 Å². The first-order chi connectivity index (χ1) is 8.60. The minimum Gasteiger partial charge on any atom is -0.330 e. The number of nitrogens with two attached hydrogens (primary N) is 1. The highest BCUT2D eigenvalue weighted by Gasteiger charge is 2.26. The largest absolute Gasteiger partial charge is 0.330 e. The first-order valence-corrected chi connectivity index (χ1v) is 9.37. The van der Waals surface area contributed by atoms with Crippen LogP contribution < -0.4 is 10.5 Å². The summed E-state index contributed by atoms with van der Waals surface area (Å²) in [5.74, 6) is 1.57. The van der Waals surface area contributed by atoms with E-state index in [4.69, 9.17) is 5.73 Å². The van der Waals surface area contributed by atoms with Gasteiger partial charge in [-0.05, 0) is 50.2 Å². The Hall–Kier alpha value is 0.180. The zero-order valence-corrected chi connectivity index (χ0v) is 12.7. The SMILES string of the molecule is CSCCCCNS(=O)(=O)N1CCC(CN)CC1. The second kappa shape index (κ2) is 8.37. The van der Waals surface area contributed by atoms with Crippen LogP contribution in [-0.2, 0) is 10.2 Å². The molecule has 1 aliphatic rings. The van der Waals surface area contributed by atoms with E-state index in [0.717, 1.165) is 31.4 Å². The van der Waals surface area contributed by atoms with Crippen LogP contribution in [0, 0.1) is 5.92 Å². The Kier molecular flexibility index (Phi) is 7.55. The first-order valence-electron chi connectivity index (χ1n) is 6.54. The Bertz CT molecular complexity index is 314. The summed E-state index contributed by atoms with van der Waals surface area (Å²) in [7, 11) is -3.27. The zero-order valence-electron chi connectivity index (χ0n) is 11.1. The number of unbranched alkanes of at least 4 members (excludes halogenated alkanes) is 1. The van der Waals surface area contributed by atoms with Gasteiger partial charge in [-0.25, -0.2) is 4.72 Å². The van der Waals surface area contributed by atoms with Gasteiger partial charge in [0.15, 0.2) is 0 Å². The first kappa shape index (κ1) is 16.2. The van der Waals surface area contributed by atoms with Crippen LogP contribution in [0.2, 0.25) is 0 Å². The van der Waals surface area contributed by atoms with Crippen molar-refractivity contribution in [3.63, 3.8) is 0 Å². The molecular formula is C11H25N3O2S2. The molecule has 18 heavy (non-hydrogen) atoms. The monoisotopic (exact) mass is 295 g/mol. The van der Waals surface area contributed by atoms with Gasteiger partial charge in [0.25, 0.3) is 10.2 Å². The lowest BCUT2D eigenvalue weighted by Crippen LogP contribution is -2.46. The summed E-state index contributed by atoms with van der Waals surface area (Å²) in [4.78, 5) is 0. The maximum atomic E-state index is 12.0. The molecule has 0 aromatic carbocycles. The molecule has 0 aromatic heterocycles. The summed E-state index contributed by atoms with van der Waals surface area (Å²) < 4.78 is 28.2. The summed E-state index contributed by atoms with van der Waals surface area (Å²) in [6, 6.07) is 0. The van der Waals surface area contributed by atoms with Crippen LogP contribution in [0.15, 0.2) is 0 Å². The van der Waals surface area contributed by atoms with Gasteiger partial charge in [-0.3, -0.25) is 0 Å². The maximum Gasteiger partial charge on any atom is 0.279 e. The third-order valence-electron chi connectivity index (χ3n) is 3.31.